The van der Waals surface area contributed by atoms with Crippen LogP contribution in [0.15, 0.2) is 11.6 Å². The summed E-state index contributed by atoms with van der Waals surface area (Å²) in [5.41, 5.74) is 1.32. The summed E-state index contributed by atoms with van der Waals surface area (Å²) in [5, 5.41) is 2.91. The van der Waals surface area contributed by atoms with Gasteiger partial charge in [0.1, 0.15) is 0 Å². The monoisotopic (exact) mass is 189 g/mol. The summed E-state index contributed by atoms with van der Waals surface area (Å²) >= 11 is 0. The highest BCUT2D eigenvalue weighted by atomic mass is 19.3. The number of hydrogen-bond donors (Lipinski definition) is 1. The van der Waals surface area contributed by atoms with E-state index in [0.717, 1.165) is 12.8 Å². The molecule has 0 bridgehead atoms. The van der Waals surface area contributed by atoms with Crippen LogP contribution in [0.3, 0.4) is 0 Å². The number of allylic oxidation sites excluding steroid dienone is 1. The maximum Gasteiger partial charge on any atom is 0.250 e. The molecule has 13 heavy (non-hydrogen) atoms. The van der Waals surface area contributed by atoms with Crippen LogP contribution in [-0.4, -0.2) is 19.0 Å². The van der Waals surface area contributed by atoms with Crippen molar-refractivity contribution in [2.45, 2.75) is 39.2 Å². The van der Waals surface area contributed by atoms with Gasteiger partial charge in [-0.25, -0.2) is 8.78 Å². The van der Waals surface area contributed by atoms with Gasteiger partial charge >= 0.3 is 0 Å². The molecule has 76 valence electrons. The molecular weight excluding hydrogens is 172 g/mol. The molecule has 0 heterocycles. The normalized spacial score (nSPS) is 29.2. The molecule has 1 N–H and O–H groups in total. The average Bonchev–Trinajstić information content (AvgIpc) is 2.07. The van der Waals surface area contributed by atoms with Crippen molar-refractivity contribution in [3.05, 3.63) is 11.6 Å². The predicted molar refractivity (Wildman–Crippen MR) is 49.9 cm³/mol. The maximum absolute atomic E-state index is 11.9. The van der Waals surface area contributed by atoms with Crippen LogP contribution in [0.5, 0.6) is 0 Å². The van der Waals surface area contributed by atoms with Gasteiger partial charge in [0, 0.05) is 6.04 Å². The molecule has 0 saturated heterocycles. The molecule has 2 unspecified atom stereocenters. The van der Waals surface area contributed by atoms with E-state index >= 15 is 0 Å². The largest absolute Gasteiger partial charge is 0.308 e. The van der Waals surface area contributed by atoms with Crippen LogP contribution in [0.1, 0.15) is 26.7 Å². The zero-order chi connectivity index (χ0) is 9.84. The lowest BCUT2D eigenvalue weighted by Crippen LogP contribution is -2.39. The Bertz CT molecular complexity index is 189. The van der Waals surface area contributed by atoms with Crippen LogP contribution in [-0.2, 0) is 0 Å². The number of halogens is 2. The Hall–Kier alpha value is -0.440. The van der Waals surface area contributed by atoms with Gasteiger partial charge in [-0.2, -0.15) is 0 Å². The highest BCUT2D eigenvalue weighted by Gasteiger charge is 2.21. The van der Waals surface area contributed by atoms with Crippen molar-refractivity contribution in [2.24, 2.45) is 5.92 Å². The van der Waals surface area contributed by atoms with Gasteiger partial charge in [-0.15, -0.1) is 0 Å². The smallest absolute Gasteiger partial charge is 0.250 e. The molecule has 1 rings (SSSR count). The van der Waals surface area contributed by atoms with Gasteiger partial charge in [0.2, 0.25) is 0 Å². The lowest BCUT2D eigenvalue weighted by atomic mass is 9.85. The summed E-state index contributed by atoms with van der Waals surface area (Å²) in [7, 11) is 0. The Morgan fingerprint density at radius 2 is 2.31 bits per heavy atom. The third kappa shape index (κ3) is 3.07. The Morgan fingerprint density at radius 1 is 1.62 bits per heavy atom. The maximum atomic E-state index is 11.9. The topological polar surface area (TPSA) is 12.0 Å². The van der Waals surface area contributed by atoms with Crippen molar-refractivity contribution >= 4 is 0 Å². The first-order valence-corrected chi connectivity index (χ1v) is 4.79. The van der Waals surface area contributed by atoms with Gasteiger partial charge in [-0.1, -0.05) is 18.6 Å². The van der Waals surface area contributed by atoms with Gasteiger partial charge < -0.3 is 5.32 Å². The van der Waals surface area contributed by atoms with Crippen LogP contribution in [0.4, 0.5) is 8.78 Å². The van der Waals surface area contributed by atoms with Gasteiger partial charge in [-0.05, 0) is 25.7 Å². The summed E-state index contributed by atoms with van der Waals surface area (Å²) in [6.45, 7) is 3.98. The Balaban J connectivity index is 2.38. The van der Waals surface area contributed by atoms with Gasteiger partial charge in [0.15, 0.2) is 0 Å². The fourth-order valence-electron chi connectivity index (χ4n) is 1.76. The second kappa shape index (κ2) is 4.70. The highest BCUT2D eigenvalue weighted by Crippen LogP contribution is 2.24. The fraction of sp³-hybridized carbons (Fsp3) is 0.800. The SMILES string of the molecule is CC1=CCCC(NCC(F)F)C1C. The first kappa shape index (κ1) is 10.6. The predicted octanol–water partition coefficient (Wildman–Crippen LogP) is 2.59. The lowest BCUT2D eigenvalue weighted by Gasteiger charge is -2.29. The summed E-state index contributed by atoms with van der Waals surface area (Å²) < 4.78 is 23.9. The fourth-order valence-corrected chi connectivity index (χ4v) is 1.76. The molecule has 1 aliphatic carbocycles. The molecule has 1 aliphatic rings. The number of alkyl halides is 2. The quantitative estimate of drug-likeness (QED) is 0.673. The van der Waals surface area contributed by atoms with E-state index in [1.54, 1.807) is 0 Å². The minimum atomic E-state index is -2.24. The summed E-state index contributed by atoms with van der Waals surface area (Å²) in [5.74, 6) is 0.396. The molecule has 0 aromatic heterocycles. The highest BCUT2D eigenvalue weighted by molar-refractivity contribution is 5.09. The van der Waals surface area contributed by atoms with Crippen molar-refractivity contribution in [2.75, 3.05) is 6.54 Å². The molecule has 2 atom stereocenters. The third-order valence-electron chi connectivity index (χ3n) is 2.80. The first-order valence-electron chi connectivity index (χ1n) is 4.79. The average molecular weight is 189 g/mol. The number of rotatable bonds is 3. The Labute approximate surface area is 78.2 Å². The third-order valence-corrected chi connectivity index (χ3v) is 2.80. The molecule has 0 radical (unpaired) electrons. The first-order chi connectivity index (χ1) is 6.11. The summed E-state index contributed by atoms with van der Waals surface area (Å²) in [4.78, 5) is 0. The van der Waals surface area contributed by atoms with Crippen LogP contribution in [0.2, 0.25) is 0 Å². The van der Waals surface area contributed by atoms with Crippen LogP contribution < -0.4 is 5.32 Å². The zero-order valence-corrected chi connectivity index (χ0v) is 8.19. The lowest BCUT2D eigenvalue weighted by molar-refractivity contribution is 0.137. The molecular formula is C10H17F2N. The van der Waals surface area contributed by atoms with E-state index in [2.05, 4.69) is 25.2 Å². The Morgan fingerprint density at radius 3 is 2.92 bits per heavy atom. The van der Waals surface area contributed by atoms with E-state index in [-0.39, 0.29) is 12.6 Å². The van der Waals surface area contributed by atoms with Crippen molar-refractivity contribution in [1.29, 1.82) is 0 Å². The van der Waals surface area contributed by atoms with E-state index in [0.29, 0.717) is 5.92 Å². The van der Waals surface area contributed by atoms with Gasteiger partial charge in [-0.3, -0.25) is 0 Å². The van der Waals surface area contributed by atoms with Crippen molar-refractivity contribution in [1.82, 2.24) is 5.32 Å². The molecule has 3 heteroatoms. The standard InChI is InChI=1S/C10H17F2N/c1-7-4-3-5-9(8(7)2)13-6-10(11)12/h4,8-10,13H,3,5-6H2,1-2H3. The molecule has 0 spiro atoms. The molecule has 1 nitrogen and oxygen atoms in total. The summed E-state index contributed by atoms with van der Waals surface area (Å²) in [6.07, 6.45) is 1.95. The summed E-state index contributed by atoms with van der Waals surface area (Å²) in [6, 6.07) is 0.235. The van der Waals surface area contributed by atoms with Gasteiger partial charge in [0.25, 0.3) is 6.43 Å². The number of nitrogens with one attached hydrogen (secondary N) is 1. The Kier molecular flexibility index (Phi) is 3.85. The van der Waals surface area contributed by atoms with Crippen molar-refractivity contribution in [3.8, 4) is 0 Å². The minimum absolute atomic E-state index is 0.178. The van der Waals surface area contributed by atoms with E-state index < -0.39 is 6.43 Å². The minimum Gasteiger partial charge on any atom is -0.308 e. The van der Waals surface area contributed by atoms with E-state index in [9.17, 15) is 8.78 Å². The second-order valence-electron chi connectivity index (χ2n) is 3.72. The van der Waals surface area contributed by atoms with Crippen molar-refractivity contribution in [3.63, 3.8) is 0 Å². The van der Waals surface area contributed by atoms with Crippen LogP contribution in [0, 0.1) is 5.92 Å². The number of hydrogen-bond acceptors (Lipinski definition) is 1. The van der Waals surface area contributed by atoms with Crippen molar-refractivity contribution < 1.29 is 8.78 Å². The van der Waals surface area contributed by atoms with E-state index in [1.807, 2.05) is 0 Å². The molecule has 0 aromatic rings. The molecule has 0 aliphatic heterocycles. The molecule has 0 amide bonds. The van der Waals surface area contributed by atoms with Gasteiger partial charge in [0.05, 0.1) is 6.54 Å². The van der Waals surface area contributed by atoms with Crippen LogP contribution >= 0.6 is 0 Å². The zero-order valence-electron chi connectivity index (χ0n) is 8.19. The van der Waals surface area contributed by atoms with E-state index in [1.165, 1.54) is 5.57 Å². The molecule has 0 saturated carbocycles. The molecule has 0 fully saturated rings. The van der Waals surface area contributed by atoms with E-state index in [4.69, 9.17) is 0 Å². The molecule has 0 aromatic carbocycles. The second-order valence-corrected chi connectivity index (χ2v) is 3.72. The van der Waals surface area contributed by atoms with Crippen LogP contribution in [0.25, 0.3) is 0 Å².